The standard InChI is InChI=1S/C22H29F3N2O4.C3H8/c1-30-20-12-31-7-6-18(20)26-16-4-2-13(9-16)21(29)27-10-14-8-15(22(23,24)25)3-5-17(14)19(28)11-27;1-3-2/h3,5,8,13,16,18-20,26,28H,2,4,6-7,9-12H2,1H3;3H2,1-2H3/t13?,16-,18+,19?,20-;/m1./s1. The first-order chi connectivity index (χ1) is 16.2. The van der Waals surface area contributed by atoms with Crippen molar-refractivity contribution in [3.05, 3.63) is 34.9 Å². The Balaban J connectivity index is 0.00000103. The summed E-state index contributed by atoms with van der Waals surface area (Å²) in [6.07, 6.45) is -1.09. The molecule has 2 fully saturated rings. The van der Waals surface area contributed by atoms with Crippen molar-refractivity contribution in [2.24, 2.45) is 5.92 Å². The number of halogens is 3. The largest absolute Gasteiger partial charge is 0.416 e. The van der Waals surface area contributed by atoms with Crippen molar-refractivity contribution in [3.8, 4) is 0 Å². The fourth-order valence-corrected chi connectivity index (χ4v) is 5.04. The molecule has 1 amide bonds. The Kier molecular flexibility index (Phi) is 9.37. The monoisotopic (exact) mass is 486 g/mol. The molecule has 9 heteroatoms. The molecule has 0 radical (unpaired) electrons. The maximum atomic E-state index is 13.1. The number of benzene rings is 1. The van der Waals surface area contributed by atoms with Gasteiger partial charge in [-0.25, -0.2) is 0 Å². The summed E-state index contributed by atoms with van der Waals surface area (Å²) in [4.78, 5) is 14.6. The molecule has 1 aromatic carbocycles. The molecule has 1 aromatic rings. The number of hydrogen-bond donors (Lipinski definition) is 2. The van der Waals surface area contributed by atoms with Gasteiger partial charge in [0.1, 0.15) is 0 Å². The smallest absolute Gasteiger partial charge is 0.387 e. The van der Waals surface area contributed by atoms with Crippen LogP contribution in [0.3, 0.4) is 0 Å². The number of aliphatic hydroxyl groups excluding tert-OH is 1. The van der Waals surface area contributed by atoms with Gasteiger partial charge in [0.2, 0.25) is 5.91 Å². The Bertz CT molecular complexity index is 820. The van der Waals surface area contributed by atoms with E-state index in [2.05, 4.69) is 19.2 Å². The number of methoxy groups -OCH3 is 1. The van der Waals surface area contributed by atoms with Gasteiger partial charge < -0.3 is 24.8 Å². The molecule has 0 spiro atoms. The fourth-order valence-electron chi connectivity index (χ4n) is 5.04. The summed E-state index contributed by atoms with van der Waals surface area (Å²) in [6, 6.07) is 3.72. The van der Waals surface area contributed by atoms with Crippen molar-refractivity contribution in [1.82, 2.24) is 10.2 Å². The number of nitrogens with one attached hydrogen (secondary N) is 1. The summed E-state index contributed by atoms with van der Waals surface area (Å²) in [5, 5.41) is 14.0. The van der Waals surface area contributed by atoms with Crippen LogP contribution < -0.4 is 5.32 Å². The Hall–Kier alpha value is -1.68. The van der Waals surface area contributed by atoms with E-state index in [1.54, 1.807) is 7.11 Å². The zero-order chi connectivity index (χ0) is 24.9. The molecule has 1 saturated heterocycles. The Labute approximate surface area is 199 Å². The molecule has 34 heavy (non-hydrogen) atoms. The predicted molar refractivity (Wildman–Crippen MR) is 122 cm³/mol. The van der Waals surface area contributed by atoms with Crippen LogP contribution in [0.2, 0.25) is 0 Å². The van der Waals surface area contributed by atoms with Gasteiger partial charge in [-0.15, -0.1) is 0 Å². The molecule has 2 N–H and O–H groups in total. The van der Waals surface area contributed by atoms with E-state index in [9.17, 15) is 23.1 Å². The van der Waals surface area contributed by atoms with E-state index in [1.807, 2.05) is 0 Å². The van der Waals surface area contributed by atoms with Gasteiger partial charge in [0.15, 0.2) is 0 Å². The third-order valence-corrected chi connectivity index (χ3v) is 6.73. The van der Waals surface area contributed by atoms with E-state index in [4.69, 9.17) is 9.47 Å². The van der Waals surface area contributed by atoms with Gasteiger partial charge in [0, 0.05) is 38.3 Å². The average Bonchev–Trinajstić information content (AvgIpc) is 3.27. The van der Waals surface area contributed by atoms with Crippen LogP contribution in [0.25, 0.3) is 0 Å². The van der Waals surface area contributed by atoms with Gasteiger partial charge >= 0.3 is 6.18 Å². The van der Waals surface area contributed by atoms with Gasteiger partial charge in [-0.3, -0.25) is 4.79 Å². The molecule has 3 aliphatic rings. The maximum absolute atomic E-state index is 13.1. The van der Waals surface area contributed by atoms with E-state index >= 15 is 0 Å². The maximum Gasteiger partial charge on any atom is 0.416 e. The predicted octanol–water partition coefficient (Wildman–Crippen LogP) is 4.06. The second-order valence-corrected chi connectivity index (χ2v) is 9.47. The molecule has 0 aromatic heterocycles. The van der Waals surface area contributed by atoms with Crippen LogP contribution in [0.4, 0.5) is 13.2 Å². The lowest BCUT2D eigenvalue weighted by molar-refractivity contribution is -0.138. The van der Waals surface area contributed by atoms with Gasteiger partial charge in [-0.05, 0) is 48.9 Å². The minimum Gasteiger partial charge on any atom is -0.387 e. The third kappa shape index (κ3) is 6.50. The van der Waals surface area contributed by atoms with Crippen molar-refractivity contribution in [3.63, 3.8) is 0 Å². The minimum absolute atomic E-state index is 0.0138. The highest BCUT2D eigenvalue weighted by molar-refractivity contribution is 5.79. The number of β-amino-alcohol motifs (C(OH)–C–C–N with tert-alkyl or cyclic N) is 1. The van der Waals surface area contributed by atoms with Crippen LogP contribution in [0, 0.1) is 5.92 Å². The van der Waals surface area contributed by atoms with Crippen molar-refractivity contribution in [1.29, 1.82) is 0 Å². The molecule has 1 aliphatic carbocycles. The number of hydrogen-bond acceptors (Lipinski definition) is 5. The Morgan fingerprint density at radius 3 is 2.68 bits per heavy atom. The van der Waals surface area contributed by atoms with Crippen molar-refractivity contribution < 1.29 is 32.5 Å². The number of fused-ring (bicyclic) bond motifs is 1. The number of carbonyl (C=O) groups is 1. The van der Waals surface area contributed by atoms with Crippen molar-refractivity contribution in [2.75, 3.05) is 26.9 Å². The van der Waals surface area contributed by atoms with Crippen molar-refractivity contribution >= 4 is 5.91 Å². The molecule has 4 rings (SSSR count). The van der Waals surface area contributed by atoms with E-state index in [0.29, 0.717) is 30.8 Å². The van der Waals surface area contributed by atoms with Crippen LogP contribution in [0.5, 0.6) is 0 Å². The number of amides is 1. The molecular weight excluding hydrogens is 449 g/mol. The number of ether oxygens (including phenoxy) is 2. The highest BCUT2D eigenvalue weighted by Crippen LogP contribution is 2.36. The Morgan fingerprint density at radius 2 is 2.00 bits per heavy atom. The van der Waals surface area contributed by atoms with Crippen LogP contribution >= 0.6 is 0 Å². The number of nitrogens with zero attached hydrogens (tertiary/aromatic N) is 1. The normalized spacial score (nSPS) is 29.3. The summed E-state index contributed by atoms with van der Waals surface area (Å²) >= 11 is 0. The average molecular weight is 487 g/mol. The SMILES string of the molecule is CCC.CO[C@@H]1COCC[C@@H]1N[C@@H]1CCC(C(=O)N2Cc3cc(C(F)(F)F)ccc3C(O)C2)C1. The number of carbonyl (C=O) groups excluding carboxylic acids is 1. The minimum atomic E-state index is -4.46. The first-order valence-corrected chi connectivity index (χ1v) is 12.2. The first kappa shape index (κ1) is 26.9. The molecule has 1 saturated carbocycles. The van der Waals surface area contributed by atoms with Gasteiger partial charge in [0.25, 0.3) is 0 Å². The fraction of sp³-hybridized carbons (Fsp3) is 0.720. The highest BCUT2D eigenvalue weighted by atomic mass is 19.4. The summed E-state index contributed by atoms with van der Waals surface area (Å²) in [6.45, 7) is 5.68. The molecule has 2 aliphatic heterocycles. The van der Waals surface area contributed by atoms with Crippen LogP contribution in [0.1, 0.15) is 68.7 Å². The summed E-state index contributed by atoms with van der Waals surface area (Å²) in [5.41, 5.74) is 0.0647. The topological polar surface area (TPSA) is 71.0 Å². The third-order valence-electron chi connectivity index (χ3n) is 6.73. The lowest BCUT2D eigenvalue weighted by atomic mass is 9.93. The van der Waals surface area contributed by atoms with Crippen LogP contribution in [-0.2, 0) is 27.0 Å². The molecular formula is C25H37F3N2O4. The number of rotatable bonds is 4. The highest BCUT2D eigenvalue weighted by Gasteiger charge is 2.38. The lowest BCUT2D eigenvalue weighted by Crippen LogP contribution is -2.50. The van der Waals surface area contributed by atoms with E-state index in [-0.39, 0.29) is 43.1 Å². The summed E-state index contributed by atoms with van der Waals surface area (Å²) in [5.74, 6) is -0.292. The van der Waals surface area contributed by atoms with Gasteiger partial charge in [0.05, 0.1) is 30.9 Å². The molecule has 0 bridgehead atoms. The zero-order valence-electron chi connectivity index (χ0n) is 20.2. The number of aliphatic hydroxyl groups is 1. The lowest BCUT2D eigenvalue weighted by Gasteiger charge is -2.35. The molecule has 2 unspecified atom stereocenters. The summed E-state index contributed by atoms with van der Waals surface area (Å²) in [7, 11) is 1.67. The first-order valence-electron chi connectivity index (χ1n) is 12.2. The van der Waals surface area contributed by atoms with E-state index < -0.39 is 17.8 Å². The van der Waals surface area contributed by atoms with Gasteiger partial charge in [-0.1, -0.05) is 26.3 Å². The van der Waals surface area contributed by atoms with E-state index in [1.165, 1.54) is 17.4 Å². The molecule has 6 nitrogen and oxygen atoms in total. The second-order valence-electron chi connectivity index (χ2n) is 9.47. The van der Waals surface area contributed by atoms with Crippen molar-refractivity contribution in [2.45, 2.75) is 83.0 Å². The second kappa shape index (κ2) is 11.8. The van der Waals surface area contributed by atoms with E-state index in [0.717, 1.165) is 31.4 Å². The molecule has 192 valence electrons. The number of alkyl halides is 3. The molecule has 5 atom stereocenters. The Morgan fingerprint density at radius 1 is 1.26 bits per heavy atom. The van der Waals surface area contributed by atoms with Gasteiger partial charge in [-0.2, -0.15) is 13.2 Å². The van der Waals surface area contributed by atoms with Crippen LogP contribution in [-0.4, -0.2) is 61.0 Å². The quantitative estimate of drug-likeness (QED) is 0.672. The molecule has 2 heterocycles. The van der Waals surface area contributed by atoms with Crippen LogP contribution in [0.15, 0.2) is 18.2 Å². The zero-order valence-corrected chi connectivity index (χ0v) is 20.2. The summed E-state index contributed by atoms with van der Waals surface area (Å²) < 4.78 is 50.2.